The van der Waals surface area contributed by atoms with Crippen molar-refractivity contribution < 1.29 is 9.84 Å². The molecule has 2 saturated heterocycles. The Kier molecular flexibility index (Phi) is 6.55. The topological polar surface area (TPSA) is 35.9 Å². The Hall–Kier alpha value is -0.680. The lowest BCUT2D eigenvalue weighted by molar-refractivity contribution is -0.0794. The Labute approximate surface area is 220 Å². The number of aliphatic hydroxyl groups is 1. The van der Waals surface area contributed by atoms with Gasteiger partial charge in [-0.1, -0.05) is 43.6 Å². The monoisotopic (exact) mass is 496 g/mol. The Bertz CT molecular complexity index is 925. The van der Waals surface area contributed by atoms with Crippen molar-refractivity contribution in [3.8, 4) is 0 Å². The van der Waals surface area contributed by atoms with Gasteiger partial charge in [0, 0.05) is 31.6 Å². The highest BCUT2D eigenvalue weighted by molar-refractivity contribution is 5.34. The van der Waals surface area contributed by atoms with Gasteiger partial charge in [0.1, 0.15) is 0 Å². The van der Waals surface area contributed by atoms with Crippen LogP contribution in [0.5, 0.6) is 0 Å². The lowest BCUT2D eigenvalue weighted by Gasteiger charge is -2.49. The highest BCUT2D eigenvalue weighted by atomic mass is 16.5. The summed E-state index contributed by atoms with van der Waals surface area (Å²) < 4.78 is 7.25. The number of aliphatic hydroxyl groups excluding tert-OH is 1. The van der Waals surface area contributed by atoms with Gasteiger partial charge in [-0.05, 0) is 108 Å². The van der Waals surface area contributed by atoms with E-state index in [0.29, 0.717) is 23.5 Å². The van der Waals surface area contributed by atoms with Crippen LogP contribution < -0.4 is 0 Å². The number of allylic oxidation sites excluding steroid dienone is 2. The average molecular weight is 497 g/mol. The molecular weight excluding hydrogens is 444 g/mol. The van der Waals surface area contributed by atoms with E-state index in [4.69, 9.17) is 4.74 Å². The summed E-state index contributed by atoms with van der Waals surface area (Å²) in [6.07, 6.45) is 13.4. The molecule has 2 heterocycles. The molecule has 4 aliphatic carbocycles. The molecule has 0 bridgehead atoms. The van der Waals surface area contributed by atoms with Crippen LogP contribution in [-0.4, -0.2) is 72.5 Å². The molecule has 4 nitrogen and oxygen atoms in total. The van der Waals surface area contributed by atoms with E-state index in [1.54, 1.807) is 11.1 Å². The normalized spacial score (nSPS) is 48.9. The van der Waals surface area contributed by atoms with Crippen molar-refractivity contribution in [3.05, 3.63) is 22.8 Å². The van der Waals surface area contributed by atoms with Gasteiger partial charge < -0.3 is 14.7 Å². The number of fused-ring (bicyclic) bond motifs is 6. The van der Waals surface area contributed by atoms with Crippen LogP contribution in [0.15, 0.2) is 22.8 Å². The van der Waals surface area contributed by atoms with E-state index in [2.05, 4.69) is 57.7 Å². The second kappa shape index (κ2) is 9.21. The van der Waals surface area contributed by atoms with Crippen LogP contribution in [0.1, 0.15) is 85.5 Å². The first-order valence-corrected chi connectivity index (χ1v) is 15.2. The molecule has 0 amide bonds. The number of nitrogens with zero attached hydrogens (tertiary/aromatic N) is 2. The van der Waals surface area contributed by atoms with E-state index in [1.807, 2.05) is 5.57 Å². The fourth-order valence-electron chi connectivity index (χ4n) is 10.2. The van der Waals surface area contributed by atoms with Crippen molar-refractivity contribution in [1.82, 2.24) is 9.80 Å². The van der Waals surface area contributed by atoms with Crippen LogP contribution in [0, 0.1) is 35.0 Å². The Balaban J connectivity index is 1.25. The van der Waals surface area contributed by atoms with E-state index in [-0.39, 0.29) is 11.7 Å². The number of likely N-dealkylation sites (tertiary alicyclic amines) is 1. The summed E-state index contributed by atoms with van der Waals surface area (Å²) in [5.41, 5.74) is 5.41. The molecule has 6 aliphatic rings. The summed E-state index contributed by atoms with van der Waals surface area (Å²) in [4.78, 5) is 5.13. The molecule has 36 heavy (non-hydrogen) atoms. The van der Waals surface area contributed by atoms with Crippen LogP contribution in [-0.2, 0) is 4.74 Å². The van der Waals surface area contributed by atoms with Gasteiger partial charge in [0.15, 0.2) is 0 Å². The first-order valence-electron chi connectivity index (χ1n) is 15.2. The minimum atomic E-state index is -0.113. The third-order valence-electron chi connectivity index (χ3n) is 12.1. The second-order valence-electron chi connectivity index (χ2n) is 14.5. The van der Waals surface area contributed by atoms with Crippen molar-refractivity contribution >= 4 is 0 Å². The van der Waals surface area contributed by atoms with Crippen LogP contribution in [0.4, 0.5) is 0 Å². The number of rotatable bonds is 3. The van der Waals surface area contributed by atoms with Gasteiger partial charge in [0.05, 0.1) is 17.8 Å². The summed E-state index contributed by atoms with van der Waals surface area (Å²) in [5.74, 6) is 3.64. The molecule has 1 N–H and O–H groups in total. The van der Waals surface area contributed by atoms with Gasteiger partial charge in [-0.2, -0.15) is 0 Å². The van der Waals surface area contributed by atoms with Gasteiger partial charge in [-0.25, -0.2) is 0 Å². The SMILES string of the molecule is CC1=C2C[C@H]3C(CC=C4C[C@@H](O)CC[C@@]43C)[C@@H]2CC[C@@]2(C1)O[C@@H]1C[C@H](C)CN(CCN(C)C)[C@H]1[C@H]2C. The highest BCUT2D eigenvalue weighted by Gasteiger charge is 2.59. The Morgan fingerprint density at radius 3 is 2.75 bits per heavy atom. The number of ether oxygens (including phenoxy) is 1. The molecule has 2 aliphatic heterocycles. The van der Waals surface area contributed by atoms with E-state index in [0.717, 1.165) is 56.0 Å². The summed E-state index contributed by atoms with van der Waals surface area (Å²) in [5, 5.41) is 10.3. The first kappa shape index (κ1) is 25.6. The van der Waals surface area contributed by atoms with Crippen LogP contribution in [0.2, 0.25) is 0 Å². The lowest BCUT2D eigenvalue weighted by atomic mass is 9.56. The fraction of sp³-hybridized carbons (Fsp3) is 0.875. The molecule has 10 atom stereocenters. The fourth-order valence-corrected chi connectivity index (χ4v) is 10.2. The van der Waals surface area contributed by atoms with E-state index in [9.17, 15) is 5.11 Å². The zero-order chi connectivity index (χ0) is 25.4. The molecule has 0 aromatic rings. The molecule has 202 valence electrons. The third kappa shape index (κ3) is 4.00. The molecule has 0 aromatic heterocycles. The van der Waals surface area contributed by atoms with E-state index < -0.39 is 0 Å². The second-order valence-corrected chi connectivity index (χ2v) is 14.5. The molecular formula is C32H52N2O2. The zero-order valence-corrected chi connectivity index (χ0v) is 23.9. The largest absolute Gasteiger partial charge is 0.393 e. The number of hydrogen-bond donors (Lipinski definition) is 1. The van der Waals surface area contributed by atoms with Gasteiger partial charge >= 0.3 is 0 Å². The Morgan fingerprint density at radius 1 is 1.17 bits per heavy atom. The molecule has 1 unspecified atom stereocenters. The van der Waals surface area contributed by atoms with Crippen molar-refractivity contribution in [2.75, 3.05) is 33.7 Å². The van der Waals surface area contributed by atoms with Gasteiger partial charge in [-0.15, -0.1) is 0 Å². The molecule has 0 aromatic carbocycles. The minimum Gasteiger partial charge on any atom is -0.393 e. The van der Waals surface area contributed by atoms with Crippen molar-refractivity contribution in [2.24, 2.45) is 35.0 Å². The standard InChI is InChI=1S/C32H52N2O2/c1-20-15-29-30(34(19-20)14-13-33(5)6)22(3)32(36-29)12-10-25-26-8-7-23-16-24(35)9-11-31(23,4)28(26)17-27(25)21(2)18-32/h7,20,22,24-26,28-30,35H,8-19H2,1-6H3/t20-,22+,24-,25-,26?,28-,29+,30-,31-,32-/m0/s1. The summed E-state index contributed by atoms with van der Waals surface area (Å²) >= 11 is 0. The predicted octanol–water partition coefficient (Wildman–Crippen LogP) is 5.67. The van der Waals surface area contributed by atoms with E-state index >= 15 is 0 Å². The van der Waals surface area contributed by atoms with Crippen molar-refractivity contribution in [1.29, 1.82) is 0 Å². The number of piperidine rings is 1. The summed E-state index contributed by atoms with van der Waals surface area (Å²) in [7, 11) is 4.40. The maximum absolute atomic E-state index is 10.3. The maximum atomic E-state index is 10.3. The van der Waals surface area contributed by atoms with Gasteiger partial charge in [0.2, 0.25) is 0 Å². The van der Waals surface area contributed by atoms with Crippen LogP contribution >= 0.6 is 0 Å². The quantitative estimate of drug-likeness (QED) is 0.511. The molecule has 4 heteroatoms. The summed E-state index contributed by atoms with van der Waals surface area (Å²) in [6.45, 7) is 13.5. The van der Waals surface area contributed by atoms with Crippen LogP contribution in [0.25, 0.3) is 0 Å². The van der Waals surface area contributed by atoms with Crippen molar-refractivity contribution in [3.63, 3.8) is 0 Å². The first-order chi connectivity index (χ1) is 17.1. The highest BCUT2D eigenvalue weighted by Crippen LogP contribution is 2.63. The number of likely N-dealkylation sites (N-methyl/N-ethyl adjacent to an activating group) is 1. The number of hydrogen-bond acceptors (Lipinski definition) is 4. The summed E-state index contributed by atoms with van der Waals surface area (Å²) in [6, 6.07) is 0.581. The van der Waals surface area contributed by atoms with Gasteiger partial charge in [0.25, 0.3) is 0 Å². The molecule has 1 spiro atoms. The zero-order valence-electron chi connectivity index (χ0n) is 23.9. The van der Waals surface area contributed by atoms with E-state index in [1.165, 1.54) is 45.1 Å². The minimum absolute atomic E-state index is 0.0290. The molecule has 4 fully saturated rings. The third-order valence-corrected chi connectivity index (χ3v) is 12.1. The van der Waals surface area contributed by atoms with Crippen LogP contribution in [0.3, 0.4) is 0 Å². The molecule has 2 saturated carbocycles. The van der Waals surface area contributed by atoms with Gasteiger partial charge in [-0.3, -0.25) is 4.90 Å². The maximum Gasteiger partial charge on any atom is 0.0765 e. The molecule has 0 radical (unpaired) electrons. The average Bonchev–Trinajstić information content (AvgIpc) is 3.28. The lowest BCUT2D eigenvalue weighted by Crippen LogP contribution is -2.53. The molecule has 6 rings (SSSR count). The predicted molar refractivity (Wildman–Crippen MR) is 147 cm³/mol. The van der Waals surface area contributed by atoms with Crippen molar-refractivity contribution in [2.45, 2.75) is 109 Å². The smallest absolute Gasteiger partial charge is 0.0765 e. The Morgan fingerprint density at radius 2 is 1.97 bits per heavy atom.